The minimum absolute atomic E-state index is 0.00742. The molecule has 4 bridgehead atoms. The first-order chi connectivity index (χ1) is 20.8. The van der Waals surface area contributed by atoms with Crippen LogP contribution in [0.1, 0.15) is 58.9 Å². The molecule has 0 aliphatic carbocycles. The molecule has 2 amide bonds. The van der Waals surface area contributed by atoms with E-state index in [1.807, 2.05) is 39.0 Å². The van der Waals surface area contributed by atoms with E-state index < -0.39 is 53.7 Å². The smallest absolute Gasteiger partial charge is 0.409 e. The lowest BCUT2D eigenvalue weighted by molar-refractivity contribution is -0.153. The van der Waals surface area contributed by atoms with E-state index in [0.29, 0.717) is 24.3 Å². The summed E-state index contributed by atoms with van der Waals surface area (Å²) >= 11 is 6.68. The van der Waals surface area contributed by atoms with Crippen molar-refractivity contribution in [3.8, 4) is 5.75 Å². The SMILES string of the molecule is CCCC(=O)OC1CC(=O)N(C)c2cc(cc(OC)c2Cl)CC(C)=C/C=C/C(OC)C2(O)CC(OC(=O)N2)C(C)C2OC12C. The zero-order valence-corrected chi connectivity index (χ0v) is 27.1. The number of halogens is 1. The van der Waals surface area contributed by atoms with Crippen molar-refractivity contribution in [3.05, 3.63) is 46.5 Å². The van der Waals surface area contributed by atoms with Crippen molar-refractivity contribution >= 4 is 35.3 Å². The average molecular weight is 635 g/mol. The number of ether oxygens (including phenoxy) is 5. The number of alkyl carbamates (subject to hydrolysis) is 1. The van der Waals surface area contributed by atoms with E-state index in [1.54, 1.807) is 26.1 Å². The van der Waals surface area contributed by atoms with Gasteiger partial charge in [0.1, 0.15) is 34.7 Å². The lowest BCUT2D eigenvalue weighted by Crippen LogP contribution is -2.63. The molecule has 7 atom stereocenters. The molecule has 0 aromatic heterocycles. The molecule has 2 saturated heterocycles. The number of aliphatic hydroxyl groups is 1. The summed E-state index contributed by atoms with van der Waals surface area (Å²) in [5, 5.41) is 14.4. The number of allylic oxidation sites excluding steroid dienone is 3. The molecule has 0 saturated carbocycles. The van der Waals surface area contributed by atoms with Crippen LogP contribution in [0.15, 0.2) is 35.9 Å². The lowest BCUT2D eigenvalue weighted by Gasteiger charge is -2.42. The Hall–Kier alpha value is -3.12. The topological polar surface area (TPSA) is 136 Å². The van der Waals surface area contributed by atoms with Gasteiger partial charge in [-0.3, -0.25) is 14.9 Å². The molecular weight excluding hydrogens is 592 g/mol. The summed E-state index contributed by atoms with van der Waals surface area (Å²) in [4.78, 5) is 40.6. The van der Waals surface area contributed by atoms with Crippen LogP contribution in [0.5, 0.6) is 5.75 Å². The zero-order chi connectivity index (χ0) is 32.4. The fraction of sp³-hybridized carbons (Fsp3) is 0.594. The molecule has 2 N–H and O–H groups in total. The second kappa shape index (κ2) is 13.5. The van der Waals surface area contributed by atoms with Gasteiger partial charge in [-0.05, 0) is 44.4 Å². The number of anilines is 1. The van der Waals surface area contributed by atoms with Gasteiger partial charge >= 0.3 is 12.1 Å². The van der Waals surface area contributed by atoms with Gasteiger partial charge in [-0.25, -0.2) is 4.79 Å². The number of epoxide rings is 1. The number of carbonyl (C=O) groups excluding carboxylic acids is 3. The van der Waals surface area contributed by atoms with Crippen LogP contribution in [0.4, 0.5) is 10.5 Å². The van der Waals surface area contributed by atoms with Crippen LogP contribution in [0.25, 0.3) is 0 Å². The second-order valence-corrected chi connectivity index (χ2v) is 12.4. The maximum absolute atomic E-state index is 13.8. The van der Waals surface area contributed by atoms with E-state index in [1.165, 1.54) is 19.1 Å². The highest BCUT2D eigenvalue weighted by atomic mass is 35.5. The molecule has 0 spiro atoms. The fourth-order valence-electron chi connectivity index (χ4n) is 6.03. The quantitative estimate of drug-likeness (QED) is 0.355. The minimum Gasteiger partial charge on any atom is -0.495 e. The number of rotatable bonds is 5. The Bertz CT molecular complexity index is 1330. The van der Waals surface area contributed by atoms with Gasteiger partial charge in [0.15, 0.2) is 5.72 Å². The Kier molecular flexibility index (Phi) is 10.3. The van der Waals surface area contributed by atoms with Crippen LogP contribution < -0.4 is 15.0 Å². The summed E-state index contributed by atoms with van der Waals surface area (Å²) in [5.41, 5.74) is -0.561. The maximum Gasteiger partial charge on any atom is 0.409 e. The summed E-state index contributed by atoms with van der Waals surface area (Å²) in [6, 6.07) is 3.64. The molecule has 3 aliphatic rings. The number of benzene rings is 1. The largest absolute Gasteiger partial charge is 0.495 e. The third kappa shape index (κ3) is 7.06. The molecule has 2 fully saturated rings. The first kappa shape index (κ1) is 33.8. The number of nitrogens with zero attached hydrogens (tertiary/aromatic N) is 1. The zero-order valence-electron chi connectivity index (χ0n) is 26.3. The molecule has 242 valence electrons. The van der Waals surface area contributed by atoms with Crippen molar-refractivity contribution in [2.24, 2.45) is 5.92 Å². The molecule has 7 unspecified atom stereocenters. The highest BCUT2D eigenvalue weighted by molar-refractivity contribution is 6.35. The Balaban J connectivity index is 1.79. The Labute approximate surface area is 263 Å². The van der Waals surface area contributed by atoms with Gasteiger partial charge in [-0.15, -0.1) is 0 Å². The summed E-state index contributed by atoms with van der Waals surface area (Å²) < 4.78 is 28.8. The molecule has 12 heteroatoms. The van der Waals surface area contributed by atoms with Crippen molar-refractivity contribution < 1.29 is 43.2 Å². The van der Waals surface area contributed by atoms with Crippen molar-refractivity contribution in [2.75, 3.05) is 26.2 Å². The summed E-state index contributed by atoms with van der Waals surface area (Å²) in [6.45, 7) is 7.41. The van der Waals surface area contributed by atoms with Gasteiger partial charge in [0, 0.05) is 32.9 Å². The van der Waals surface area contributed by atoms with Gasteiger partial charge in [0.25, 0.3) is 0 Å². The molecule has 0 radical (unpaired) electrons. The molecule has 1 aromatic rings. The lowest BCUT2D eigenvalue weighted by atomic mass is 9.83. The number of hydrogen-bond acceptors (Lipinski definition) is 9. The van der Waals surface area contributed by atoms with E-state index in [4.69, 9.17) is 35.3 Å². The Morgan fingerprint density at radius 1 is 1.27 bits per heavy atom. The first-order valence-electron chi connectivity index (χ1n) is 14.8. The standard InChI is InChI=1S/C32H43ClN2O9/c1-8-10-27(37)43-25-16-26(36)35(5)21-14-20(15-22(40-6)28(21)33)13-18(2)11-9-12-24(41-7)32(39)17-23(42-30(38)34-32)19(3)29-31(25,4)44-29/h9,11-12,14-15,19,23-25,29,39H,8,10,13,16-17H2,1-7H3,(H,34,38)/b12-9+,18-11?. The van der Waals surface area contributed by atoms with Crippen LogP contribution >= 0.6 is 11.6 Å². The highest BCUT2D eigenvalue weighted by Gasteiger charge is 2.64. The van der Waals surface area contributed by atoms with Crippen LogP contribution in [0.3, 0.4) is 0 Å². The molecule has 4 rings (SSSR count). The van der Waals surface area contributed by atoms with Gasteiger partial charge in [0.2, 0.25) is 5.91 Å². The number of amides is 2. The number of methoxy groups -OCH3 is 2. The Morgan fingerprint density at radius 2 is 2.00 bits per heavy atom. The molecule has 11 nitrogen and oxygen atoms in total. The summed E-state index contributed by atoms with van der Waals surface area (Å²) in [6.07, 6.45) is 2.47. The average Bonchev–Trinajstić information content (AvgIpc) is 3.66. The van der Waals surface area contributed by atoms with Crippen LogP contribution in [0.2, 0.25) is 5.02 Å². The van der Waals surface area contributed by atoms with Gasteiger partial charge in [-0.1, -0.05) is 49.2 Å². The number of carbonyl (C=O) groups is 3. The number of nitrogens with one attached hydrogen (secondary N) is 1. The van der Waals surface area contributed by atoms with Crippen molar-refractivity contribution in [2.45, 2.75) is 95.5 Å². The van der Waals surface area contributed by atoms with E-state index in [9.17, 15) is 19.5 Å². The number of esters is 1. The van der Waals surface area contributed by atoms with Crippen LogP contribution in [0, 0.1) is 5.92 Å². The van der Waals surface area contributed by atoms with Gasteiger partial charge < -0.3 is 33.7 Å². The Morgan fingerprint density at radius 3 is 2.66 bits per heavy atom. The first-order valence-corrected chi connectivity index (χ1v) is 15.2. The van der Waals surface area contributed by atoms with Gasteiger partial charge in [0.05, 0.1) is 25.3 Å². The molecular formula is C32H43ClN2O9. The van der Waals surface area contributed by atoms with Crippen molar-refractivity contribution in [1.29, 1.82) is 0 Å². The second-order valence-electron chi connectivity index (χ2n) is 12.0. The molecule has 44 heavy (non-hydrogen) atoms. The molecule has 3 heterocycles. The molecule has 3 aliphatic heterocycles. The normalized spacial score (nSPS) is 33.3. The predicted molar refractivity (Wildman–Crippen MR) is 164 cm³/mol. The minimum atomic E-state index is -1.76. The summed E-state index contributed by atoms with van der Waals surface area (Å²) in [7, 11) is 4.57. The van der Waals surface area contributed by atoms with Gasteiger partial charge in [-0.2, -0.15) is 0 Å². The van der Waals surface area contributed by atoms with E-state index >= 15 is 0 Å². The summed E-state index contributed by atoms with van der Waals surface area (Å²) in [5.74, 6) is -0.813. The van der Waals surface area contributed by atoms with Crippen LogP contribution in [-0.2, 0) is 35.0 Å². The monoisotopic (exact) mass is 634 g/mol. The maximum atomic E-state index is 13.8. The third-order valence-corrected chi connectivity index (χ3v) is 9.06. The van der Waals surface area contributed by atoms with E-state index in [0.717, 1.165) is 11.1 Å². The fourth-order valence-corrected chi connectivity index (χ4v) is 6.34. The van der Waals surface area contributed by atoms with E-state index in [2.05, 4.69) is 5.32 Å². The predicted octanol–water partition coefficient (Wildman–Crippen LogP) is 4.47. The van der Waals surface area contributed by atoms with Crippen LogP contribution in [-0.4, -0.2) is 80.1 Å². The van der Waals surface area contributed by atoms with E-state index in [-0.39, 0.29) is 30.2 Å². The number of fused-ring (bicyclic) bond motifs is 5. The highest BCUT2D eigenvalue weighted by Crippen LogP contribution is 2.49. The van der Waals surface area contributed by atoms with Crippen molar-refractivity contribution in [3.63, 3.8) is 0 Å². The third-order valence-electron chi connectivity index (χ3n) is 8.68. The molecule has 1 aromatic carbocycles. The van der Waals surface area contributed by atoms with Crippen molar-refractivity contribution in [1.82, 2.24) is 5.32 Å². The number of hydrogen-bond donors (Lipinski definition) is 2.